The summed E-state index contributed by atoms with van der Waals surface area (Å²) in [7, 11) is 1.86. The van der Waals surface area contributed by atoms with E-state index in [1.54, 1.807) is 0 Å². The van der Waals surface area contributed by atoms with Crippen molar-refractivity contribution in [2.45, 2.75) is 12.8 Å². The SMILES string of the molecule is CNN1CCC(CC(=O)O)C1. The monoisotopic (exact) mass is 158 g/mol. The van der Waals surface area contributed by atoms with Gasteiger partial charge >= 0.3 is 5.97 Å². The van der Waals surface area contributed by atoms with Crippen molar-refractivity contribution in [2.75, 3.05) is 20.1 Å². The van der Waals surface area contributed by atoms with Crippen LogP contribution in [-0.4, -0.2) is 36.2 Å². The topological polar surface area (TPSA) is 52.6 Å². The van der Waals surface area contributed by atoms with Crippen molar-refractivity contribution in [3.63, 3.8) is 0 Å². The average molecular weight is 158 g/mol. The normalized spacial score (nSPS) is 25.7. The Labute approximate surface area is 66.2 Å². The van der Waals surface area contributed by atoms with Crippen molar-refractivity contribution in [2.24, 2.45) is 5.92 Å². The third-order valence-corrected chi connectivity index (χ3v) is 2.07. The van der Waals surface area contributed by atoms with Gasteiger partial charge in [-0.15, -0.1) is 0 Å². The maximum Gasteiger partial charge on any atom is 0.303 e. The van der Waals surface area contributed by atoms with Crippen LogP contribution in [0.4, 0.5) is 0 Å². The van der Waals surface area contributed by atoms with Gasteiger partial charge in [0, 0.05) is 19.5 Å². The van der Waals surface area contributed by atoms with Crippen LogP contribution in [-0.2, 0) is 4.79 Å². The van der Waals surface area contributed by atoms with Crippen molar-refractivity contribution < 1.29 is 9.90 Å². The van der Waals surface area contributed by atoms with E-state index in [1.165, 1.54) is 0 Å². The largest absolute Gasteiger partial charge is 0.481 e. The molecule has 0 radical (unpaired) electrons. The van der Waals surface area contributed by atoms with E-state index in [0.717, 1.165) is 19.5 Å². The molecule has 0 aromatic carbocycles. The fraction of sp³-hybridized carbons (Fsp3) is 0.857. The third kappa shape index (κ3) is 2.48. The number of rotatable bonds is 3. The molecule has 4 heteroatoms. The second-order valence-corrected chi connectivity index (χ2v) is 2.92. The van der Waals surface area contributed by atoms with Crippen LogP contribution < -0.4 is 5.43 Å². The second-order valence-electron chi connectivity index (χ2n) is 2.92. The Kier molecular flexibility index (Phi) is 2.84. The fourth-order valence-electron chi connectivity index (χ4n) is 1.45. The van der Waals surface area contributed by atoms with Crippen LogP contribution in [0.2, 0.25) is 0 Å². The zero-order valence-electron chi connectivity index (χ0n) is 6.71. The predicted octanol–water partition coefficient (Wildman–Crippen LogP) is -0.0826. The van der Waals surface area contributed by atoms with E-state index >= 15 is 0 Å². The van der Waals surface area contributed by atoms with E-state index in [1.807, 2.05) is 12.1 Å². The fourth-order valence-corrected chi connectivity index (χ4v) is 1.45. The van der Waals surface area contributed by atoms with E-state index in [-0.39, 0.29) is 0 Å². The molecule has 0 saturated carbocycles. The maximum absolute atomic E-state index is 10.3. The summed E-state index contributed by atoms with van der Waals surface area (Å²) in [5.41, 5.74) is 3.01. The molecule has 4 nitrogen and oxygen atoms in total. The lowest BCUT2D eigenvalue weighted by molar-refractivity contribution is -0.138. The minimum Gasteiger partial charge on any atom is -0.481 e. The van der Waals surface area contributed by atoms with Gasteiger partial charge in [-0.25, -0.2) is 5.01 Å². The zero-order chi connectivity index (χ0) is 8.27. The zero-order valence-corrected chi connectivity index (χ0v) is 6.71. The number of aliphatic carboxylic acids is 1. The molecule has 0 aliphatic carbocycles. The average Bonchev–Trinajstić information content (AvgIpc) is 2.34. The minimum absolute atomic E-state index is 0.304. The number of carbonyl (C=O) groups is 1. The Bertz CT molecular complexity index is 149. The molecule has 2 N–H and O–H groups in total. The van der Waals surface area contributed by atoms with Crippen LogP contribution >= 0.6 is 0 Å². The van der Waals surface area contributed by atoms with Gasteiger partial charge in [-0.3, -0.25) is 10.2 Å². The quantitative estimate of drug-likeness (QED) is 0.603. The highest BCUT2D eigenvalue weighted by Crippen LogP contribution is 2.17. The molecule has 0 spiro atoms. The van der Waals surface area contributed by atoms with Gasteiger partial charge < -0.3 is 5.11 Å². The highest BCUT2D eigenvalue weighted by atomic mass is 16.4. The van der Waals surface area contributed by atoms with Gasteiger partial charge in [0.25, 0.3) is 0 Å². The summed E-state index contributed by atoms with van der Waals surface area (Å²) in [5, 5.41) is 10.5. The molecule has 0 bridgehead atoms. The summed E-state index contributed by atoms with van der Waals surface area (Å²) in [4.78, 5) is 10.3. The van der Waals surface area contributed by atoms with Gasteiger partial charge in [0.1, 0.15) is 0 Å². The summed E-state index contributed by atoms with van der Waals surface area (Å²) in [6.45, 7) is 1.83. The Balaban J connectivity index is 2.24. The molecule has 1 aliphatic heterocycles. The molecule has 0 aromatic rings. The number of carboxylic acid groups (broad SMARTS) is 1. The van der Waals surface area contributed by atoms with E-state index < -0.39 is 5.97 Å². The summed E-state index contributed by atoms with van der Waals surface area (Å²) in [5.74, 6) is -0.354. The highest BCUT2D eigenvalue weighted by Gasteiger charge is 2.23. The molecular formula is C7H14N2O2. The Morgan fingerprint density at radius 2 is 2.55 bits per heavy atom. The molecule has 11 heavy (non-hydrogen) atoms. The summed E-state index contributed by atoms with van der Waals surface area (Å²) in [6.07, 6.45) is 1.30. The first-order chi connectivity index (χ1) is 5.22. The molecule has 0 amide bonds. The van der Waals surface area contributed by atoms with Crippen LogP contribution in [0.5, 0.6) is 0 Å². The van der Waals surface area contributed by atoms with Crippen molar-refractivity contribution in [1.29, 1.82) is 0 Å². The lowest BCUT2D eigenvalue weighted by Crippen LogP contribution is -2.32. The molecule has 1 unspecified atom stereocenters. The predicted molar refractivity (Wildman–Crippen MR) is 41.0 cm³/mol. The minimum atomic E-state index is -0.687. The Hall–Kier alpha value is -0.610. The van der Waals surface area contributed by atoms with Crippen LogP contribution in [0.25, 0.3) is 0 Å². The van der Waals surface area contributed by atoms with Crippen LogP contribution in [0, 0.1) is 5.92 Å². The number of nitrogens with one attached hydrogen (secondary N) is 1. The van der Waals surface area contributed by atoms with Crippen LogP contribution in [0.1, 0.15) is 12.8 Å². The van der Waals surface area contributed by atoms with Gasteiger partial charge in [-0.2, -0.15) is 0 Å². The molecule has 1 saturated heterocycles. The maximum atomic E-state index is 10.3. The second kappa shape index (κ2) is 3.69. The van der Waals surface area contributed by atoms with E-state index in [4.69, 9.17) is 5.11 Å². The number of hydrogen-bond donors (Lipinski definition) is 2. The first-order valence-corrected chi connectivity index (χ1v) is 3.86. The molecule has 64 valence electrons. The molecular weight excluding hydrogens is 144 g/mol. The van der Waals surface area contributed by atoms with E-state index in [2.05, 4.69) is 5.43 Å². The van der Waals surface area contributed by atoms with Crippen molar-refractivity contribution in [3.05, 3.63) is 0 Å². The van der Waals surface area contributed by atoms with Crippen LogP contribution in [0.3, 0.4) is 0 Å². The van der Waals surface area contributed by atoms with Crippen molar-refractivity contribution in [1.82, 2.24) is 10.4 Å². The summed E-state index contributed by atoms with van der Waals surface area (Å²) in [6, 6.07) is 0. The molecule has 1 fully saturated rings. The molecule has 1 atom stereocenters. The molecule has 1 aliphatic rings. The number of hydrogen-bond acceptors (Lipinski definition) is 3. The first kappa shape index (κ1) is 8.49. The smallest absolute Gasteiger partial charge is 0.303 e. The molecule has 1 heterocycles. The van der Waals surface area contributed by atoms with Gasteiger partial charge in [0.05, 0.1) is 0 Å². The Morgan fingerprint density at radius 1 is 1.82 bits per heavy atom. The van der Waals surface area contributed by atoms with Gasteiger partial charge in [-0.05, 0) is 19.4 Å². The molecule has 0 aromatic heterocycles. The van der Waals surface area contributed by atoms with Crippen LogP contribution in [0.15, 0.2) is 0 Å². The van der Waals surface area contributed by atoms with E-state index in [0.29, 0.717) is 12.3 Å². The molecule has 1 rings (SSSR count). The summed E-state index contributed by atoms with van der Waals surface area (Å²) >= 11 is 0. The first-order valence-electron chi connectivity index (χ1n) is 3.86. The number of carboxylic acids is 1. The van der Waals surface area contributed by atoms with Gasteiger partial charge in [0.15, 0.2) is 0 Å². The highest BCUT2D eigenvalue weighted by molar-refractivity contribution is 5.67. The third-order valence-electron chi connectivity index (χ3n) is 2.07. The number of nitrogens with zero attached hydrogens (tertiary/aromatic N) is 1. The lowest BCUT2D eigenvalue weighted by atomic mass is 10.1. The lowest BCUT2D eigenvalue weighted by Gasteiger charge is -2.12. The van der Waals surface area contributed by atoms with E-state index in [9.17, 15) is 4.79 Å². The standard InChI is InChI=1S/C7H14N2O2/c1-8-9-3-2-6(5-9)4-7(10)11/h6,8H,2-5H2,1H3,(H,10,11). The van der Waals surface area contributed by atoms with Gasteiger partial charge in [-0.1, -0.05) is 0 Å². The van der Waals surface area contributed by atoms with Gasteiger partial charge in [0.2, 0.25) is 0 Å². The number of hydrazine groups is 1. The van der Waals surface area contributed by atoms with Crippen molar-refractivity contribution >= 4 is 5.97 Å². The van der Waals surface area contributed by atoms with Crippen molar-refractivity contribution in [3.8, 4) is 0 Å². The Morgan fingerprint density at radius 3 is 3.00 bits per heavy atom. The summed E-state index contributed by atoms with van der Waals surface area (Å²) < 4.78 is 0.